The van der Waals surface area contributed by atoms with Crippen LogP contribution in [-0.4, -0.2) is 45.7 Å². The fourth-order valence-electron chi connectivity index (χ4n) is 1.03. The molecular weight excluding hydrogens is 274 g/mol. The van der Waals surface area contributed by atoms with Crippen molar-refractivity contribution in [2.75, 3.05) is 20.8 Å². The zero-order chi connectivity index (χ0) is 15.5. The minimum absolute atomic E-state index is 0.0546. The average Bonchev–Trinajstić information content (AvgIpc) is 2.35. The van der Waals surface area contributed by atoms with E-state index in [1.54, 1.807) is 0 Å². The lowest BCUT2D eigenvalue weighted by molar-refractivity contribution is -0.138. The van der Waals surface area contributed by atoms with Crippen LogP contribution in [0, 0.1) is 0 Å². The summed E-state index contributed by atoms with van der Waals surface area (Å²) in [6.45, 7) is 6.18. The first kappa shape index (κ1) is 20.4. The number of allylic oxidation sites excluding steroid dienone is 1. The second-order valence-electron chi connectivity index (χ2n) is 3.39. The molecule has 0 saturated heterocycles. The van der Waals surface area contributed by atoms with Crippen LogP contribution in [0.15, 0.2) is 11.6 Å². The molecule has 0 aromatic rings. The molecule has 2 N–H and O–H groups in total. The van der Waals surface area contributed by atoms with E-state index in [1.165, 1.54) is 0 Å². The van der Waals surface area contributed by atoms with Gasteiger partial charge >= 0.3 is 16.4 Å². The molecule has 0 amide bonds. The molecule has 1 atom stereocenters. The molecule has 0 radical (unpaired) electrons. The molecule has 114 valence electrons. The lowest BCUT2D eigenvalue weighted by Crippen LogP contribution is -2.29. The standard InChI is InChI=1S/C10H19NO2.CH4O4S/c1-5-7-9(8(3)11-4)10(12)13-6-2;1-5-6(2,3)4/h7-8,11H,5-6H2,1-4H3;1H3,(H,2,3,4). The minimum atomic E-state index is -4.16. The molecule has 0 saturated carbocycles. The number of likely N-dealkylation sites (N-methyl/N-ethyl adjacent to an activating group) is 1. The van der Waals surface area contributed by atoms with Gasteiger partial charge in [0, 0.05) is 11.6 Å². The zero-order valence-electron chi connectivity index (χ0n) is 12.0. The van der Waals surface area contributed by atoms with E-state index in [9.17, 15) is 13.2 Å². The van der Waals surface area contributed by atoms with E-state index in [0.717, 1.165) is 13.5 Å². The van der Waals surface area contributed by atoms with Crippen LogP contribution < -0.4 is 5.32 Å². The average molecular weight is 297 g/mol. The van der Waals surface area contributed by atoms with Gasteiger partial charge in [0.15, 0.2) is 0 Å². The predicted octanol–water partition coefficient (Wildman–Crippen LogP) is 0.929. The Labute approximate surface area is 114 Å². The molecule has 0 aliphatic carbocycles. The molecule has 0 aromatic heterocycles. The van der Waals surface area contributed by atoms with Crippen LogP contribution in [0.3, 0.4) is 0 Å². The Hall–Kier alpha value is -0.960. The van der Waals surface area contributed by atoms with Crippen molar-refractivity contribution in [3.05, 3.63) is 11.6 Å². The number of hydrogen-bond donors (Lipinski definition) is 2. The summed E-state index contributed by atoms with van der Waals surface area (Å²) in [7, 11) is -1.46. The summed E-state index contributed by atoms with van der Waals surface area (Å²) >= 11 is 0. The summed E-state index contributed by atoms with van der Waals surface area (Å²) in [5.74, 6) is -0.216. The lowest BCUT2D eigenvalue weighted by atomic mass is 10.1. The van der Waals surface area contributed by atoms with Gasteiger partial charge in [0.25, 0.3) is 0 Å². The number of nitrogens with one attached hydrogen (secondary N) is 1. The van der Waals surface area contributed by atoms with Gasteiger partial charge in [0.05, 0.1) is 13.7 Å². The number of ether oxygens (including phenoxy) is 1. The monoisotopic (exact) mass is 297 g/mol. The van der Waals surface area contributed by atoms with Crippen molar-refractivity contribution < 1.29 is 26.7 Å². The summed E-state index contributed by atoms with van der Waals surface area (Å²) < 4.78 is 34.6. The predicted molar refractivity (Wildman–Crippen MR) is 72.1 cm³/mol. The van der Waals surface area contributed by atoms with E-state index in [0.29, 0.717) is 12.2 Å². The number of esters is 1. The molecule has 0 fully saturated rings. The highest BCUT2D eigenvalue weighted by Gasteiger charge is 2.15. The van der Waals surface area contributed by atoms with Crippen LogP contribution in [0.2, 0.25) is 0 Å². The summed E-state index contributed by atoms with van der Waals surface area (Å²) in [5, 5.41) is 3.02. The Morgan fingerprint density at radius 3 is 2.16 bits per heavy atom. The van der Waals surface area contributed by atoms with Crippen molar-refractivity contribution in [2.24, 2.45) is 0 Å². The molecule has 0 spiro atoms. The van der Waals surface area contributed by atoms with Crippen molar-refractivity contribution in [2.45, 2.75) is 33.2 Å². The first-order valence-corrected chi connectivity index (χ1v) is 7.17. The SMILES string of the molecule is CCC=C(C(=O)OCC)C(C)NC.COS(=O)(=O)O. The third kappa shape index (κ3) is 11.8. The van der Waals surface area contributed by atoms with Crippen LogP contribution in [0.25, 0.3) is 0 Å². The lowest BCUT2D eigenvalue weighted by Gasteiger charge is -2.13. The molecule has 1 unspecified atom stereocenters. The van der Waals surface area contributed by atoms with Crippen LogP contribution in [0.5, 0.6) is 0 Å². The van der Waals surface area contributed by atoms with E-state index >= 15 is 0 Å². The van der Waals surface area contributed by atoms with Gasteiger partial charge in [-0.05, 0) is 27.3 Å². The molecule has 8 heteroatoms. The van der Waals surface area contributed by atoms with Crippen molar-refractivity contribution in [3.8, 4) is 0 Å². The molecule has 0 bridgehead atoms. The van der Waals surface area contributed by atoms with Crippen molar-refractivity contribution in [1.82, 2.24) is 5.32 Å². The maximum atomic E-state index is 11.4. The Morgan fingerprint density at radius 2 is 1.89 bits per heavy atom. The van der Waals surface area contributed by atoms with Crippen molar-refractivity contribution >= 4 is 16.4 Å². The van der Waals surface area contributed by atoms with Gasteiger partial charge in [-0.1, -0.05) is 13.0 Å². The van der Waals surface area contributed by atoms with Crippen LogP contribution in [0.4, 0.5) is 0 Å². The maximum Gasteiger partial charge on any atom is 0.397 e. The molecule has 0 rings (SSSR count). The first-order valence-electron chi connectivity index (χ1n) is 5.80. The molecule has 7 nitrogen and oxygen atoms in total. The Kier molecular flexibility index (Phi) is 11.7. The van der Waals surface area contributed by atoms with Gasteiger partial charge in [0.1, 0.15) is 0 Å². The number of hydrogen-bond acceptors (Lipinski definition) is 6. The van der Waals surface area contributed by atoms with E-state index < -0.39 is 10.4 Å². The van der Waals surface area contributed by atoms with Gasteiger partial charge in [0.2, 0.25) is 0 Å². The van der Waals surface area contributed by atoms with E-state index in [1.807, 2.05) is 33.9 Å². The van der Waals surface area contributed by atoms with Gasteiger partial charge in [-0.3, -0.25) is 8.74 Å². The fraction of sp³-hybridized carbons (Fsp3) is 0.727. The van der Waals surface area contributed by atoms with Crippen LogP contribution in [0.1, 0.15) is 27.2 Å². The Balaban J connectivity index is 0. The number of carbonyl (C=O) groups excluding carboxylic acids is 1. The van der Waals surface area contributed by atoms with E-state index in [4.69, 9.17) is 9.29 Å². The Morgan fingerprint density at radius 1 is 1.42 bits per heavy atom. The Bertz CT molecular complexity index is 377. The molecule has 0 aliphatic heterocycles. The van der Waals surface area contributed by atoms with Gasteiger partial charge in [-0.2, -0.15) is 8.42 Å². The summed E-state index contributed by atoms with van der Waals surface area (Å²) in [5.41, 5.74) is 0.715. The molecule has 0 aliphatic rings. The quantitative estimate of drug-likeness (QED) is 0.427. The highest BCUT2D eigenvalue weighted by molar-refractivity contribution is 7.80. The zero-order valence-corrected chi connectivity index (χ0v) is 12.8. The highest BCUT2D eigenvalue weighted by Crippen LogP contribution is 2.05. The minimum Gasteiger partial charge on any atom is -0.463 e. The smallest absolute Gasteiger partial charge is 0.397 e. The number of carbonyl (C=O) groups is 1. The van der Waals surface area contributed by atoms with E-state index in [2.05, 4.69) is 9.50 Å². The maximum absolute atomic E-state index is 11.4. The third-order valence-corrected chi connectivity index (χ3v) is 2.47. The van der Waals surface area contributed by atoms with Crippen molar-refractivity contribution in [3.63, 3.8) is 0 Å². The molecule has 0 heterocycles. The van der Waals surface area contributed by atoms with Gasteiger partial charge in [-0.25, -0.2) is 4.79 Å². The molecule has 19 heavy (non-hydrogen) atoms. The molecular formula is C11H23NO6S. The normalized spacial score (nSPS) is 13.3. The van der Waals surface area contributed by atoms with Crippen molar-refractivity contribution in [1.29, 1.82) is 0 Å². The van der Waals surface area contributed by atoms with E-state index in [-0.39, 0.29) is 12.0 Å². The van der Waals surface area contributed by atoms with Crippen LogP contribution in [-0.2, 0) is 24.1 Å². The second kappa shape index (κ2) is 10.9. The summed E-state index contributed by atoms with van der Waals surface area (Å²) in [4.78, 5) is 11.4. The topological polar surface area (TPSA) is 102 Å². The largest absolute Gasteiger partial charge is 0.463 e. The third-order valence-electron chi connectivity index (χ3n) is 2.05. The summed E-state index contributed by atoms with van der Waals surface area (Å²) in [6, 6.07) is 0.0546. The highest BCUT2D eigenvalue weighted by atomic mass is 32.3. The number of rotatable bonds is 6. The first-order chi connectivity index (χ1) is 8.73. The summed E-state index contributed by atoms with van der Waals surface area (Å²) in [6.07, 6.45) is 2.75. The van der Waals surface area contributed by atoms with Gasteiger partial charge < -0.3 is 10.1 Å². The van der Waals surface area contributed by atoms with Gasteiger partial charge in [-0.15, -0.1) is 0 Å². The second-order valence-corrected chi connectivity index (χ2v) is 4.58. The molecule has 0 aromatic carbocycles. The van der Waals surface area contributed by atoms with Crippen LogP contribution >= 0.6 is 0 Å². The fourth-order valence-corrected chi connectivity index (χ4v) is 1.03.